The van der Waals surface area contributed by atoms with Gasteiger partial charge in [0.2, 0.25) is 0 Å². The molecule has 1 amide bonds. The lowest BCUT2D eigenvalue weighted by Crippen LogP contribution is -2.32. The van der Waals surface area contributed by atoms with Crippen LogP contribution in [-0.4, -0.2) is 46.0 Å². The van der Waals surface area contributed by atoms with E-state index < -0.39 is 4.92 Å². The molecule has 0 fully saturated rings. The predicted molar refractivity (Wildman–Crippen MR) is 119 cm³/mol. The highest BCUT2D eigenvalue weighted by Gasteiger charge is 2.21. The van der Waals surface area contributed by atoms with Crippen molar-refractivity contribution < 1.29 is 19.2 Å². The first-order chi connectivity index (χ1) is 15.4. The third-order valence-electron chi connectivity index (χ3n) is 5.16. The Morgan fingerprint density at radius 3 is 2.59 bits per heavy atom. The highest BCUT2D eigenvalue weighted by atomic mass is 16.6. The molecule has 3 aromatic rings. The fourth-order valence-electron chi connectivity index (χ4n) is 3.44. The number of ether oxygens (including phenoxy) is 2. The summed E-state index contributed by atoms with van der Waals surface area (Å²) in [6.45, 7) is 3.14. The summed E-state index contributed by atoms with van der Waals surface area (Å²) in [6.07, 6.45) is 6.00. The van der Waals surface area contributed by atoms with Crippen LogP contribution in [0.15, 0.2) is 55.1 Å². The van der Waals surface area contributed by atoms with Crippen molar-refractivity contribution in [3.8, 4) is 11.5 Å². The zero-order valence-corrected chi connectivity index (χ0v) is 18.4. The molecule has 9 heteroatoms. The maximum absolute atomic E-state index is 13.3. The normalized spacial score (nSPS) is 10.6. The van der Waals surface area contributed by atoms with Crippen molar-refractivity contribution in [3.63, 3.8) is 0 Å². The molecule has 0 saturated carbocycles. The Kier molecular flexibility index (Phi) is 7.43. The molecule has 0 saturated heterocycles. The standard InChI is InChI=1S/C23H26N4O5/c1-17-5-7-19(14-20(17)27(29)30)23(28)26(11-4-10-25-12-9-24-16-25)15-18-6-8-21(31-2)22(13-18)32-3/h5-9,12-14,16H,4,10-11,15H2,1-3H3. The number of hydrogen-bond donors (Lipinski definition) is 0. The van der Waals surface area contributed by atoms with Gasteiger partial charge in [-0.25, -0.2) is 4.98 Å². The van der Waals surface area contributed by atoms with Crippen molar-refractivity contribution in [1.82, 2.24) is 14.5 Å². The number of benzene rings is 2. The Hall–Kier alpha value is -3.88. The second-order valence-electron chi connectivity index (χ2n) is 7.33. The highest BCUT2D eigenvalue weighted by Crippen LogP contribution is 2.28. The minimum Gasteiger partial charge on any atom is -0.493 e. The maximum atomic E-state index is 13.3. The lowest BCUT2D eigenvalue weighted by Gasteiger charge is -2.24. The summed E-state index contributed by atoms with van der Waals surface area (Å²) < 4.78 is 12.6. The van der Waals surface area contributed by atoms with Crippen LogP contribution >= 0.6 is 0 Å². The van der Waals surface area contributed by atoms with E-state index in [-0.39, 0.29) is 17.2 Å². The topological polar surface area (TPSA) is 99.7 Å². The van der Waals surface area contributed by atoms with Gasteiger partial charge in [-0.05, 0) is 37.1 Å². The molecule has 0 unspecified atom stereocenters. The molecule has 0 radical (unpaired) electrons. The number of imidazole rings is 1. The second kappa shape index (κ2) is 10.4. The third kappa shape index (κ3) is 5.42. The number of aromatic nitrogens is 2. The summed E-state index contributed by atoms with van der Waals surface area (Å²) in [7, 11) is 3.12. The van der Waals surface area contributed by atoms with Crippen LogP contribution in [0, 0.1) is 17.0 Å². The van der Waals surface area contributed by atoms with E-state index in [0.29, 0.717) is 43.1 Å². The van der Waals surface area contributed by atoms with Crippen LogP contribution in [0.1, 0.15) is 27.9 Å². The van der Waals surface area contributed by atoms with Crippen molar-refractivity contribution in [3.05, 3.63) is 81.9 Å². The van der Waals surface area contributed by atoms with E-state index in [1.165, 1.54) is 6.07 Å². The molecule has 3 rings (SSSR count). The van der Waals surface area contributed by atoms with Crippen molar-refractivity contribution in [2.75, 3.05) is 20.8 Å². The smallest absolute Gasteiger partial charge is 0.273 e. The molecule has 0 spiro atoms. The number of amides is 1. The number of aryl methyl sites for hydroxylation is 2. The molecular weight excluding hydrogens is 412 g/mol. The Bertz CT molecular complexity index is 1080. The average Bonchev–Trinajstić information content (AvgIpc) is 3.31. The number of nitrogens with zero attached hydrogens (tertiary/aromatic N) is 4. The van der Waals surface area contributed by atoms with Crippen LogP contribution in [-0.2, 0) is 13.1 Å². The number of hydrogen-bond acceptors (Lipinski definition) is 6. The van der Waals surface area contributed by atoms with E-state index >= 15 is 0 Å². The zero-order chi connectivity index (χ0) is 23.1. The van der Waals surface area contributed by atoms with E-state index in [2.05, 4.69) is 4.98 Å². The summed E-state index contributed by atoms with van der Waals surface area (Å²) >= 11 is 0. The van der Waals surface area contributed by atoms with Crippen LogP contribution in [0.2, 0.25) is 0 Å². The minimum atomic E-state index is -0.468. The molecule has 0 bridgehead atoms. The summed E-state index contributed by atoms with van der Waals surface area (Å²) in [4.78, 5) is 29.9. The number of nitro benzene ring substituents is 1. The van der Waals surface area contributed by atoms with Gasteiger partial charge in [-0.2, -0.15) is 0 Å². The third-order valence-corrected chi connectivity index (χ3v) is 5.16. The van der Waals surface area contributed by atoms with Crippen LogP contribution < -0.4 is 9.47 Å². The van der Waals surface area contributed by atoms with Gasteiger partial charge < -0.3 is 18.9 Å². The van der Waals surface area contributed by atoms with Crippen LogP contribution in [0.3, 0.4) is 0 Å². The summed E-state index contributed by atoms with van der Waals surface area (Å²) in [6, 6.07) is 10.1. The number of nitro groups is 1. The van der Waals surface area contributed by atoms with Crippen molar-refractivity contribution in [2.45, 2.75) is 26.4 Å². The largest absolute Gasteiger partial charge is 0.493 e. The van der Waals surface area contributed by atoms with E-state index in [1.54, 1.807) is 56.8 Å². The van der Waals surface area contributed by atoms with E-state index in [9.17, 15) is 14.9 Å². The maximum Gasteiger partial charge on any atom is 0.273 e. The average molecular weight is 438 g/mol. The van der Waals surface area contributed by atoms with Gasteiger partial charge in [0, 0.05) is 49.2 Å². The first kappa shape index (κ1) is 22.8. The molecule has 0 aliphatic carbocycles. The quantitative estimate of drug-likeness (QED) is 0.352. The Morgan fingerprint density at radius 2 is 1.94 bits per heavy atom. The molecule has 0 atom stereocenters. The van der Waals surface area contributed by atoms with E-state index in [1.807, 2.05) is 22.9 Å². The number of methoxy groups -OCH3 is 2. The van der Waals surface area contributed by atoms with Crippen molar-refractivity contribution in [1.29, 1.82) is 0 Å². The summed E-state index contributed by atoms with van der Waals surface area (Å²) in [5.41, 5.74) is 1.59. The number of carbonyl (C=O) groups excluding carboxylic acids is 1. The SMILES string of the molecule is COc1ccc(CN(CCCn2ccnc2)C(=O)c2ccc(C)c([N+](=O)[O-])c2)cc1OC. The fraction of sp³-hybridized carbons (Fsp3) is 0.304. The Balaban J connectivity index is 1.85. The monoisotopic (exact) mass is 438 g/mol. The second-order valence-corrected chi connectivity index (χ2v) is 7.33. The lowest BCUT2D eigenvalue weighted by atomic mass is 10.1. The van der Waals surface area contributed by atoms with Crippen molar-refractivity contribution in [2.24, 2.45) is 0 Å². The van der Waals surface area contributed by atoms with Crippen LogP contribution in [0.4, 0.5) is 5.69 Å². The first-order valence-corrected chi connectivity index (χ1v) is 10.1. The van der Waals surface area contributed by atoms with Gasteiger partial charge in [0.05, 0.1) is 25.5 Å². The molecule has 9 nitrogen and oxygen atoms in total. The van der Waals surface area contributed by atoms with E-state index in [4.69, 9.17) is 9.47 Å². The van der Waals surface area contributed by atoms with Gasteiger partial charge in [-0.1, -0.05) is 12.1 Å². The Labute approximate surface area is 186 Å². The molecule has 1 heterocycles. The molecule has 168 valence electrons. The zero-order valence-electron chi connectivity index (χ0n) is 18.4. The Morgan fingerprint density at radius 1 is 1.16 bits per heavy atom. The van der Waals surface area contributed by atoms with Gasteiger partial charge >= 0.3 is 0 Å². The summed E-state index contributed by atoms with van der Waals surface area (Å²) in [5, 5.41) is 11.3. The van der Waals surface area contributed by atoms with Gasteiger partial charge in [0.25, 0.3) is 11.6 Å². The van der Waals surface area contributed by atoms with Gasteiger partial charge in [0.1, 0.15) is 0 Å². The predicted octanol–water partition coefficient (Wildman–Crippen LogP) is 3.85. The fourth-order valence-corrected chi connectivity index (χ4v) is 3.44. The van der Waals surface area contributed by atoms with Crippen molar-refractivity contribution >= 4 is 11.6 Å². The molecule has 0 N–H and O–H groups in total. The molecule has 0 aliphatic heterocycles. The van der Waals surface area contributed by atoms with Gasteiger partial charge in [-0.3, -0.25) is 14.9 Å². The molecule has 32 heavy (non-hydrogen) atoms. The molecular formula is C23H26N4O5. The van der Waals surface area contributed by atoms with Crippen LogP contribution in [0.25, 0.3) is 0 Å². The highest BCUT2D eigenvalue weighted by molar-refractivity contribution is 5.95. The van der Waals surface area contributed by atoms with Gasteiger partial charge in [-0.15, -0.1) is 0 Å². The summed E-state index contributed by atoms with van der Waals surface area (Å²) in [5.74, 6) is 0.902. The molecule has 1 aromatic heterocycles. The molecule has 2 aromatic carbocycles. The molecule has 0 aliphatic rings. The lowest BCUT2D eigenvalue weighted by molar-refractivity contribution is -0.385. The van der Waals surface area contributed by atoms with Gasteiger partial charge in [0.15, 0.2) is 11.5 Å². The van der Waals surface area contributed by atoms with E-state index in [0.717, 1.165) is 5.56 Å². The first-order valence-electron chi connectivity index (χ1n) is 10.1. The van der Waals surface area contributed by atoms with Crippen LogP contribution in [0.5, 0.6) is 11.5 Å². The number of carbonyl (C=O) groups is 1. The number of rotatable bonds is 10. The minimum absolute atomic E-state index is 0.0691.